The van der Waals surface area contributed by atoms with Gasteiger partial charge >= 0.3 is 12.3 Å². The normalized spacial score (nSPS) is 15.9. The van der Waals surface area contributed by atoms with Gasteiger partial charge in [-0.05, 0) is 48.5 Å². The van der Waals surface area contributed by atoms with E-state index in [2.05, 4.69) is 4.74 Å². The molecule has 142 valence electrons. The van der Waals surface area contributed by atoms with Gasteiger partial charge in [-0.2, -0.15) is 13.2 Å². The van der Waals surface area contributed by atoms with Crippen LogP contribution in [0.4, 0.5) is 18.0 Å². The fraction of sp³-hybridized carbons (Fsp3) is 0.167. The molecule has 0 amide bonds. The van der Waals surface area contributed by atoms with Crippen LogP contribution in [-0.2, 0) is 4.74 Å². The first-order valence-corrected chi connectivity index (χ1v) is 7.58. The molecule has 1 unspecified atom stereocenters. The topological polar surface area (TPSA) is 74.2 Å². The predicted octanol–water partition coefficient (Wildman–Crippen LogP) is 4.85. The van der Waals surface area contributed by atoms with Crippen LogP contribution in [0.2, 0.25) is 0 Å². The Morgan fingerprint density at radius 1 is 1.07 bits per heavy atom. The summed E-state index contributed by atoms with van der Waals surface area (Å²) >= 11 is 0. The summed E-state index contributed by atoms with van der Waals surface area (Å²) in [7, 11) is 1.52. The molecule has 0 spiro atoms. The maximum Gasteiger partial charge on any atom is 0.511 e. The van der Waals surface area contributed by atoms with Crippen LogP contribution in [0.15, 0.2) is 48.2 Å². The number of hydrogen-bond donors (Lipinski definition) is 1. The van der Waals surface area contributed by atoms with Crippen molar-refractivity contribution < 1.29 is 42.0 Å². The summed E-state index contributed by atoms with van der Waals surface area (Å²) in [5.41, 5.74) is 0.192. The van der Waals surface area contributed by atoms with E-state index in [0.29, 0.717) is 17.2 Å². The SMILES string of the molecule is COc1ccc(Oc2ccc3c(c2)C=C(OC(=O)O)C(C(F)(F)F)O3)cc1. The first-order valence-electron chi connectivity index (χ1n) is 7.58. The van der Waals surface area contributed by atoms with E-state index in [1.165, 1.54) is 25.3 Å². The smallest absolute Gasteiger partial charge is 0.497 e. The molecule has 0 bridgehead atoms. The fourth-order valence-electron chi connectivity index (χ4n) is 2.42. The van der Waals surface area contributed by atoms with Crippen molar-refractivity contribution in [3.63, 3.8) is 0 Å². The molecule has 1 heterocycles. The Balaban J connectivity index is 1.89. The van der Waals surface area contributed by atoms with Crippen molar-refractivity contribution in [1.29, 1.82) is 0 Å². The van der Waals surface area contributed by atoms with Gasteiger partial charge in [0, 0.05) is 5.56 Å². The van der Waals surface area contributed by atoms with E-state index in [-0.39, 0.29) is 11.3 Å². The minimum absolute atomic E-state index is 0.0721. The minimum atomic E-state index is -4.84. The molecule has 3 rings (SSSR count). The molecule has 0 radical (unpaired) electrons. The Morgan fingerprint density at radius 3 is 2.30 bits per heavy atom. The Morgan fingerprint density at radius 2 is 1.70 bits per heavy atom. The fourth-order valence-corrected chi connectivity index (χ4v) is 2.42. The lowest BCUT2D eigenvalue weighted by atomic mass is 10.1. The molecule has 0 aliphatic carbocycles. The molecule has 0 fully saturated rings. The quantitative estimate of drug-likeness (QED) is 0.763. The molecule has 9 heteroatoms. The minimum Gasteiger partial charge on any atom is -0.497 e. The van der Waals surface area contributed by atoms with Crippen molar-refractivity contribution in [3.8, 4) is 23.0 Å². The molecule has 0 saturated heterocycles. The second-order valence-corrected chi connectivity index (χ2v) is 5.43. The molecule has 0 aromatic heterocycles. The second kappa shape index (κ2) is 7.10. The zero-order valence-corrected chi connectivity index (χ0v) is 13.8. The van der Waals surface area contributed by atoms with Crippen LogP contribution in [-0.4, -0.2) is 30.7 Å². The molecule has 27 heavy (non-hydrogen) atoms. The number of alkyl halides is 3. The summed E-state index contributed by atoms with van der Waals surface area (Å²) in [5.74, 6) is 0.490. The summed E-state index contributed by atoms with van der Waals surface area (Å²) < 4.78 is 59.1. The van der Waals surface area contributed by atoms with Crippen LogP contribution in [0.1, 0.15) is 5.56 Å². The second-order valence-electron chi connectivity index (χ2n) is 5.43. The number of ether oxygens (including phenoxy) is 4. The predicted molar refractivity (Wildman–Crippen MR) is 87.1 cm³/mol. The summed E-state index contributed by atoms with van der Waals surface area (Å²) in [6.45, 7) is 0. The molecule has 2 aromatic rings. The van der Waals surface area contributed by atoms with E-state index in [0.717, 1.165) is 6.08 Å². The van der Waals surface area contributed by atoms with Gasteiger partial charge in [0.2, 0.25) is 0 Å². The zero-order valence-electron chi connectivity index (χ0n) is 13.8. The summed E-state index contributed by atoms with van der Waals surface area (Å²) in [4.78, 5) is 10.7. The lowest BCUT2D eigenvalue weighted by Gasteiger charge is -2.27. The molecule has 1 N–H and O–H groups in total. The monoisotopic (exact) mass is 382 g/mol. The highest BCUT2D eigenvalue weighted by Crippen LogP contribution is 2.39. The maximum absolute atomic E-state index is 13.1. The molecule has 2 aromatic carbocycles. The average Bonchev–Trinajstić information content (AvgIpc) is 2.60. The third-order valence-corrected chi connectivity index (χ3v) is 3.58. The number of benzene rings is 2. The number of hydrogen-bond acceptors (Lipinski definition) is 5. The van der Waals surface area contributed by atoms with Crippen molar-refractivity contribution in [2.75, 3.05) is 7.11 Å². The van der Waals surface area contributed by atoms with Gasteiger partial charge in [-0.1, -0.05) is 0 Å². The van der Waals surface area contributed by atoms with Gasteiger partial charge in [-0.3, -0.25) is 0 Å². The van der Waals surface area contributed by atoms with Gasteiger partial charge in [-0.15, -0.1) is 0 Å². The third kappa shape index (κ3) is 4.25. The van der Waals surface area contributed by atoms with E-state index in [1.807, 2.05) is 0 Å². The van der Waals surface area contributed by atoms with Crippen LogP contribution < -0.4 is 14.2 Å². The lowest BCUT2D eigenvalue weighted by Crippen LogP contribution is -2.39. The van der Waals surface area contributed by atoms with Crippen LogP contribution >= 0.6 is 0 Å². The standard InChI is InChI=1S/C18H13F3O6/c1-24-11-2-4-12(5-3-11)25-13-6-7-14-10(8-13)9-15(27-17(22)23)16(26-14)18(19,20)21/h2-9,16H,1H3,(H,22,23). The Kier molecular flexibility index (Phi) is 4.85. The van der Waals surface area contributed by atoms with E-state index >= 15 is 0 Å². The van der Waals surface area contributed by atoms with Crippen molar-refractivity contribution in [2.45, 2.75) is 12.3 Å². The van der Waals surface area contributed by atoms with Crippen LogP contribution in [0, 0.1) is 0 Å². The first-order chi connectivity index (χ1) is 12.8. The molecule has 6 nitrogen and oxygen atoms in total. The van der Waals surface area contributed by atoms with Crippen LogP contribution in [0.3, 0.4) is 0 Å². The number of rotatable bonds is 4. The van der Waals surface area contributed by atoms with Gasteiger partial charge in [0.05, 0.1) is 7.11 Å². The van der Waals surface area contributed by atoms with E-state index in [4.69, 9.17) is 19.3 Å². The number of fused-ring (bicyclic) bond motifs is 1. The number of methoxy groups -OCH3 is 1. The third-order valence-electron chi connectivity index (χ3n) is 3.58. The largest absolute Gasteiger partial charge is 0.511 e. The van der Waals surface area contributed by atoms with Gasteiger partial charge < -0.3 is 24.1 Å². The zero-order chi connectivity index (χ0) is 19.6. The highest BCUT2D eigenvalue weighted by Gasteiger charge is 2.48. The first kappa shape index (κ1) is 18.4. The molecule has 0 saturated carbocycles. The van der Waals surface area contributed by atoms with Gasteiger partial charge in [0.1, 0.15) is 23.0 Å². The summed E-state index contributed by atoms with van der Waals surface area (Å²) in [5, 5.41) is 8.67. The molecule has 1 aliphatic heterocycles. The van der Waals surface area contributed by atoms with Gasteiger partial charge in [0.25, 0.3) is 6.10 Å². The molecule has 1 aliphatic rings. The molecular formula is C18H13F3O6. The summed E-state index contributed by atoms with van der Waals surface area (Å²) in [6.07, 6.45) is -8.24. The number of carbonyl (C=O) groups is 1. The van der Waals surface area contributed by atoms with Crippen LogP contribution in [0.25, 0.3) is 6.08 Å². The van der Waals surface area contributed by atoms with E-state index in [9.17, 15) is 18.0 Å². The highest BCUT2D eigenvalue weighted by atomic mass is 19.4. The Bertz CT molecular complexity index is 874. The van der Waals surface area contributed by atoms with Gasteiger partial charge in [-0.25, -0.2) is 4.79 Å². The molecule has 1 atom stereocenters. The highest BCUT2D eigenvalue weighted by molar-refractivity contribution is 5.67. The van der Waals surface area contributed by atoms with E-state index < -0.39 is 24.2 Å². The van der Waals surface area contributed by atoms with Crippen LogP contribution in [0.5, 0.6) is 23.0 Å². The number of halogens is 3. The number of carboxylic acid groups (broad SMARTS) is 1. The van der Waals surface area contributed by atoms with Gasteiger partial charge in [0.15, 0.2) is 5.76 Å². The lowest BCUT2D eigenvalue weighted by molar-refractivity contribution is -0.191. The van der Waals surface area contributed by atoms with Crippen molar-refractivity contribution in [2.24, 2.45) is 0 Å². The van der Waals surface area contributed by atoms with Crippen molar-refractivity contribution in [1.82, 2.24) is 0 Å². The average molecular weight is 382 g/mol. The molecular weight excluding hydrogens is 369 g/mol. The van der Waals surface area contributed by atoms with Crippen molar-refractivity contribution in [3.05, 3.63) is 53.8 Å². The van der Waals surface area contributed by atoms with E-state index in [1.54, 1.807) is 24.3 Å². The van der Waals surface area contributed by atoms with Crippen molar-refractivity contribution >= 4 is 12.2 Å². The maximum atomic E-state index is 13.1. The summed E-state index contributed by atoms with van der Waals surface area (Å²) in [6, 6.07) is 10.8. The Labute approximate surface area is 151 Å². The Hall–Kier alpha value is -3.36.